The predicted molar refractivity (Wildman–Crippen MR) is 135 cm³/mol. The van der Waals surface area contributed by atoms with E-state index in [1.165, 1.54) is 13.3 Å². The van der Waals surface area contributed by atoms with E-state index >= 15 is 0 Å². The Balaban J connectivity index is 1.47. The smallest absolute Gasteiger partial charge is 0.272 e. The highest BCUT2D eigenvalue weighted by Crippen LogP contribution is 2.28. The summed E-state index contributed by atoms with van der Waals surface area (Å²) in [5.74, 6) is 1.12. The molecular weight excluding hydrogens is 428 g/mol. The summed E-state index contributed by atoms with van der Waals surface area (Å²) >= 11 is 0. The van der Waals surface area contributed by atoms with E-state index in [1.54, 1.807) is 28.9 Å². The van der Waals surface area contributed by atoms with Crippen molar-refractivity contribution >= 4 is 33.9 Å². The molecule has 2 N–H and O–H groups in total. The fourth-order valence-electron chi connectivity index (χ4n) is 3.90. The molecule has 0 aliphatic carbocycles. The average molecular weight is 461 g/mol. The maximum absolute atomic E-state index is 12.9. The second-order valence-corrected chi connectivity index (χ2v) is 9.67. The number of rotatable bonds is 9. The number of pyridine rings is 1. The lowest BCUT2D eigenvalue weighted by molar-refractivity contribution is 0.0918. The molecule has 0 spiro atoms. The first-order valence-electron chi connectivity index (χ1n) is 11.8. The number of fused-ring (bicyclic) bond motifs is 2. The number of anilines is 1. The number of imidazole rings is 1. The molecule has 1 unspecified atom stereocenters. The van der Waals surface area contributed by atoms with Crippen LogP contribution in [0.15, 0.2) is 48.8 Å². The molecule has 3 heterocycles. The van der Waals surface area contributed by atoms with Gasteiger partial charge in [0.25, 0.3) is 5.91 Å². The molecular formula is C27H32N4O3. The van der Waals surface area contributed by atoms with Gasteiger partial charge in [-0.2, -0.15) is 0 Å². The van der Waals surface area contributed by atoms with Gasteiger partial charge >= 0.3 is 0 Å². The van der Waals surface area contributed by atoms with Crippen molar-refractivity contribution < 1.29 is 14.3 Å². The minimum absolute atomic E-state index is 0.102. The number of nitrogens with zero attached hydrogens (tertiary/aromatic N) is 2. The van der Waals surface area contributed by atoms with Crippen molar-refractivity contribution in [1.29, 1.82) is 0 Å². The molecule has 178 valence electrons. The molecule has 4 rings (SSSR count). The summed E-state index contributed by atoms with van der Waals surface area (Å²) in [6, 6.07) is 11.2. The third-order valence-corrected chi connectivity index (χ3v) is 6.24. The zero-order chi connectivity index (χ0) is 24.5. The minimum atomic E-state index is -0.262. The van der Waals surface area contributed by atoms with Crippen molar-refractivity contribution in [2.45, 2.75) is 59.5 Å². The molecule has 0 saturated heterocycles. The zero-order valence-corrected chi connectivity index (χ0v) is 20.4. The molecule has 1 aromatic carbocycles. The Bertz CT molecular complexity index is 1350. The second kappa shape index (κ2) is 9.33. The van der Waals surface area contributed by atoms with Gasteiger partial charge in [0.05, 0.1) is 5.69 Å². The highest BCUT2D eigenvalue weighted by Gasteiger charge is 2.21. The van der Waals surface area contributed by atoms with E-state index in [2.05, 4.69) is 43.0 Å². The summed E-state index contributed by atoms with van der Waals surface area (Å²) in [6.07, 6.45) is 6.67. The summed E-state index contributed by atoms with van der Waals surface area (Å²) in [5, 5.41) is 3.81. The lowest BCUT2D eigenvalue weighted by Gasteiger charge is -2.27. The van der Waals surface area contributed by atoms with Crippen LogP contribution in [0.2, 0.25) is 0 Å². The summed E-state index contributed by atoms with van der Waals surface area (Å²) in [6.45, 7) is 10.2. The standard InChI is InChI=1S/C27H32N4O3/c1-6-17(2)11-12-27(4,5)34-21-8-9-22-19(13-21)14-23(29-22)26(33)28-20-7-10-25-30-24(18(3)32)16-31(25)15-20/h7-10,13-17,29H,6,11-12H2,1-5H3,(H,28,33). The van der Waals surface area contributed by atoms with Gasteiger partial charge < -0.3 is 19.4 Å². The quantitative estimate of drug-likeness (QED) is 0.289. The van der Waals surface area contributed by atoms with Crippen molar-refractivity contribution in [2.24, 2.45) is 5.92 Å². The Hall–Kier alpha value is -3.61. The minimum Gasteiger partial charge on any atom is -0.488 e. The molecule has 34 heavy (non-hydrogen) atoms. The highest BCUT2D eigenvalue weighted by atomic mass is 16.5. The molecule has 7 nitrogen and oxygen atoms in total. The van der Waals surface area contributed by atoms with Gasteiger partial charge in [0, 0.05) is 30.2 Å². The number of amides is 1. The number of H-pyrrole nitrogens is 1. The number of hydrogen-bond acceptors (Lipinski definition) is 4. The van der Waals surface area contributed by atoms with Gasteiger partial charge in [-0.1, -0.05) is 20.3 Å². The van der Waals surface area contributed by atoms with Crippen LogP contribution in [-0.2, 0) is 0 Å². The molecule has 0 radical (unpaired) electrons. The Morgan fingerprint density at radius 3 is 2.71 bits per heavy atom. The number of aromatic amines is 1. The van der Waals surface area contributed by atoms with Gasteiger partial charge in [-0.15, -0.1) is 0 Å². The van der Waals surface area contributed by atoms with Crippen molar-refractivity contribution in [2.75, 3.05) is 5.32 Å². The molecule has 0 aliphatic heterocycles. The van der Waals surface area contributed by atoms with Crippen LogP contribution in [0.1, 0.15) is 74.9 Å². The highest BCUT2D eigenvalue weighted by molar-refractivity contribution is 6.06. The SMILES string of the molecule is CCC(C)CCC(C)(C)Oc1ccc2[nH]c(C(=O)Nc3ccc4nc(C(C)=O)cn4c3)cc2c1. The van der Waals surface area contributed by atoms with Crippen LogP contribution in [0, 0.1) is 5.92 Å². The van der Waals surface area contributed by atoms with Crippen LogP contribution < -0.4 is 10.1 Å². The fraction of sp³-hybridized carbons (Fsp3) is 0.370. The Morgan fingerprint density at radius 2 is 1.97 bits per heavy atom. The first-order chi connectivity index (χ1) is 16.1. The summed E-state index contributed by atoms with van der Waals surface area (Å²) < 4.78 is 8.01. The van der Waals surface area contributed by atoms with E-state index < -0.39 is 0 Å². The molecule has 0 saturated carbocycles. The molecule has 0 bridgehead atoms. The van der Waals surface area contributed by atoms with E-state index in [1.807, 2.05) is 24.3 Å². The van der Waals surface area contributed by atoms with Gasteiger partial charge in [0.2, 0.25) is 0 Å². The number of aromatic nitrogens is 3. The molecule has 1 amide bonds. The number of carbonyl (C=O) groups is 2. The van der Waals surface area contributed by atoms with Gasteiger partial charge in [0.15, 0.2) is 5.78 Å². The number of nitrogens with one attached hydrogen (secondary N) is 2. The number of Topliss-reactive ketones (excluding diaryl/α,β-unsaturated/α-hetero) is 1. The van der Waals surface area contributed by atoms with E-state index in [0.29, 0.717) is 28.6 Å². The molecule has 1 atom stereocenters. The van der Waals surface area contributed by atoms with Crippen molar-refractivity contribution in [3.63, 3.8) is 0 Å². The van der Waals surface area contributed by atoms with Crippen LogP contribution >= 0.6 is 0 Å². The van der Waals surface area contributed by atoms with Gasteiger partial charge in [-0.3, -0.25) is 9.59 Å². The van der Waals surface area contributed by atoms with Crippen LogP contribution in [-0.4, -0.2) is 31.7 Å². The fourth-order valence-corrected chi connectivity index (χ4v) is 3.90. The molecule has 7 heteroatoms. The summed E-state index contributed by atoms with van der Waals surface area (Å²) in [7, 11) is 0. The largest absolute Gasteiger partial charge is 0.488 e. The lowest BCUT2D eigenvalue weighted by Crippen LogP contribution is -2.28. The first-order valence-corrected chi connectivity index (χ1v) is 11.8. The van der Waals surface area contributed by atoms with Gasteiger partial charge in [-0.05, 0) is 69.0 Å². The number of hydrogen-bond donors (Lipinski definition) is 2. The number of carbonyl (C=O) groups excluding carboxylic acids is 2. The van der Waals surface area contributed by atoms with Crippen LogP contribution in [0.5, 0.6) is 5.75 Å². The Labute approximate surface area is 199 Å². The summed E-state index contributed by atoms with van der Waals surface area (Å²) in [5.41, 5.74) is 2.70. The third kappa shape index (κ3) is 5.30. The number of benzene rings is 1. The monoisotopic (exact) mass is 460 g/mol. The number of ether oxygens (including phenoxy) is 1. The van der Waals surface area contributed by atoms with E-state index in [4.69, 9.17) is 4.74 Å². The summed E-state index contributed by atoms with van der Waals surface area (Å²) in [4.78, 5) is 31.9. The molecule has 0 fully saturated rings. The lowest BCUT2D eigenvalue weighted by atomic mass is 9.94. The topological polar surface area (TPSA) is 88.5 Å². The normalized spacial score (nSPS) is 12.7. The van der Waals surface area contributed by atoms with Crippen molar-refractivity contribution in [1.82, 2.24) is 14.4 Å². The predicted octanol–water partition coefficient (Wildman–Crippen LogP) is 6.25. The Kier molecular flexibility index (Phi) is 6.46. The maximum atomic E-state index is 12.9. The van der Waals surface area contributed by atoms with Gasteiger partial charge in [0.1, 0.15) is 28.4 Å². The average Bonchev–Trinajstić information content (AvgIpc) is 3.41. The molecule has 3 aromatic heterocycles. The van der Waals surface area contributed by atoms with Crippen molar-refractivity contribution in [3.8, 4) is 5.75 Å². The van der Waals surface area contributed by atoms with E-state index in [-0.39, 0.29) is 17.3 Å². The van der Waals surface area contributed by atoms with E-state index in [0.717, 1.165) is 29.5 Å². The first kappa shape index (κ1) is 23.5. The van der Waals surface area contributed by atoms with Crippen LogP contribution in [0.3, 0.4) is 0 Å². The van der Waals surface area contributed by atoms with Gasteiger partial charge in [-0.25, -0.2) is 4.98 Å². The maximum Gasteiger partial charge on any atom is 0.272 e. The van der Waals surface area contributed by atoms with E-state index in [9.17, 15) is 9.59 Å². The Morgan fingerprint density at radius 1 is 1.18 bits per heavy atom. The second-order valence-electron chi connectivity index (χ2n) is 9.67. The van der Waals surface area contributed by atoms with Crippen LogP contribution in [0.25, 0.3) is 16.6 Å². The molecule has 0 aliphatic rings. The molecule has 4 aromatic rings. The van der Waals surface area contributed by atoms with Crippen molar-refractivity contribution in [3.05, 3.63) is 60.2 Å². The third-order valence-electron chi connectivity index (χ3n) is 6.24. The zero-order valence-electron chi connectivity index (χ0n) is 20.4. The number of ketones is 1. The van der Waals surface area contributed by atoms with Crippen LogP contribution in [0.4, 0.5) is 5.69 Å².